The van der Waals surface area contributed by atoms with Crippen molar-refractivity contribution in [1.29, 1.82) is 0 Å². The summed E-state index contributed by atoms with van der Waals surface area (Å²) in [6.07, 6.45) is 2.20. The van der Waals surface area contributed by atoms with Crippen LogP contribution in [0.15, 0.2) is 24.3 Å². The van der Waals surface area contributed by atoms with Crippen LogP contribution in [0.25, 0.3) is 0 Å². The van der Waals surface area contributed by atoms with E-state index in [9.17, 15) is 4.39 Å². The van der Waals surface area contributed by atoms with E-state index in [4.69, 9.17) is 5.73 Å². The standard InChI is InChI=1S/C12H17FN2/c1-2-15(9-12(14)7-8-12)11-5-3-10(13)4-6-11/h3-6H,2,7-9,14H2,1H3. The second-order valence-corrected chi connectivity index (χ2v) is 4.35. The van der Waals surface area contributed by atoms with Gasteiger partial charge in [-0.3, -0.25) is 0 Å². The molecule has 0 bridgehead atoms. The molecule has 1 aliphatic carbocycles. The second-order valence-electron chi connectivity index (χ2n) is 4.35. The van der Waals surface area contributed by atoms with E-state index in [1.54, 1.807) is 0 Å². The molecule has 1 aliphatic rings. The normalized spacial score (nSPS) is 17.5. The Bertz CT molecular complexity index is 330. The third-order valence-corrected chi connectivity index (χ3v) is 2.97. The van der Waals surface area contributed by atoms with Gasteiger partial charge in [-0.25, -0.2) is 4.39 Å². The van der Waals surface area contributed by atoms with Gasteiger partial charge in [-0.05, 0) is 44.0 Å². The number of anilines is 1. The third-order valence-electron chi connectivity index (χ3n) is 2.97. The molecule has 0 atom stereocenters. The number of nitrogens with two attached hydrogens (primary N) is 1. The predicted octanol–water partition coefficient (Wildman–Crippen LogP) is 2.14. The van der Waals surface area contributed by atoms with Crippen LogP contribution < -0.4 is 10.6 Å². The summed E-state index contributed by atoms with van der Waals surface area (Å²) in [6, 6.07) is 6.61. The van der Waals surface area contributed by atoms with Gasteiger partial charge in [0.1, 0.15) is 5.82 Å². The molecule has 1 saturated carbocycles. The van der Waals surface area contributed by atoms with Crippen molar-refractivity contribution in [3.05, 3.63) is 30.1 Å². The molecule has 2 rings (SSSR count). The molecule has 0 amide bonds. The molecule has 15 heavy (non-hydrogen) atoms. The summed E-state index contributed by atoms with van der Waals surface area (Å²) >= 11 is 0. The van der Waals surface area contributed by atoms with Gasteiger partial charge in [0.25, 0.3) is 0 Å². The third kappa shape index (κ3) is 2.48. The van der Waals surface area contributed by atoms with Gasteiger partial charge in [-0.1, -0.05) is 0 Å². The van der Waals surface area contributed by atoms with Crippen LogP contribution in [-0.4, -0.2) is 18.6 Å². The van der Waals surface area contributed by atoms with E-state index >= 15 is 0 Å². The number of nitrogens with zero attached hydrogens (tertiary/aromatic N) is 1. The lowest BCUT2D eigenvalue weighted by molar-refractivity contribution is 0.623. The molecule has 0 aromatic heterocycles. The summed E-state index contributed by atoms with van der Waals surface area (Å²) in [6.45, 7) is 3.87. The highest BCUT2D eigenvalue weighted by atomic mass is 19.1. The molecule has 1 aromatic rings. The van der Waals surface area contributed by atoms with Crippen molar-refractivity contribution in [2.24, 2.45) is 5.73 Å². The second kappa shape index (κ2) is 3.81. The van der Waals surface area contributed by atoms with Crippen LogP contribution in [0.5, 0.6) is 0 Å². The van der Waals surface area contributed by atoms with E-state index in [1.807, 2.05) is 12.1 Å². The van der Waals surface area contributed by atoms with Gasteiger partial charge in [0.15, 0.2) is 0 Å². The van der Waals surface area contributed by atoms with Crippen LogP contribution in [0.3, 0.4) is 0 Å². The topological polar surface area (TPSA) is 29.3 Å². The Kier molecular flexibility index (Phi) is 2.65. The van der Waals surface area contributed by atoms with E-state index < -0.39 is 0 Å². The van der Waals surface area contributed by atoms with E-state index in [2.05, 4.69) is 11.8 Å². The average molecular weight is 208 g/mol. The molecule has 0 spiro atoms. The molecule has 1 aromatic carbocycles. The van der Waals surface area contributed by atoms with Crippen LogP contribution in [0, 0.1) is 5.82 Å². The maximum absolute atomic E-state index is 12.8. The Hall–Kier alpha value is -1.09. The van der Waals surface area contributed by atoms with E-state index in [-0.39, 0.29) is 11.4 Å². The van der Waals surface area contributed by atoms with Crippen LogP contribution in [0.1, 0.15) is 19.8 Å². The van der Waals surface area contributed by atoms with Gasteiger partial charge >= 0.3 is 0 Å². The number of benzene rings is 1. The fourth-order valence-electron chi connectivity index (χ4n) is 1.74. The monoisotopic (exact) mass is 208 g/mol. The lowest BCUT2D eigenvalue weighted by atomic mass is 10.2. The maximum atomic E-state index is 12.8. The molecule has 2 N–H and O–H groups in total. The molecule has 82 valence electrons. The average Bonchev–Trinajstić information content (AvgIpc) is 2.95. The molecule has 2 nitrogen and oxygen atoms in total. The van der Waals surface area contributed by atoms with E-state index in [1.165, 1.54) is 12.1 Å². The Balaban J connectivity index is 2.08. The van der Waals surface area contributed by atoms with Crippen molar-refractivity contribution in [2.75, 3.05) is 18.0 Å². The number of likely N-dealkylation sites (N-methyl/N-ethyl adjacent to an activating group) is 1. The first-order chi connectivity index (χ1) is 7.13. The number of rotatable bonds is 4. The molecule has 0 saturated heterocycles. The SMILES string of the molecule is CCN(CC1(N)CC1)c1ccc(F)cc1. The summed E-state index contributed by atoms with van der Waals surface area (Å²) < 4.78 is 12.8. The number of halogens is 1. The van der Waals surface area contributed by atoms with Crippen LogP contribution in [0.4, 0.5) is 10.1 Å². The van der Waals surface area contributed by atoms with Crippen LogP contribution >= 0.6 is 0 Å². The first-order valence-corrected chi connectivity index (χ1v) is 5.42. The molecule has 1 fully saturated rings. The predicted molar refractivity (Wildman–Crippen MR) is 60.4 cm³/mol. The lowest BCUT2D eigenvalue weighted by Gasteiger charge is -2.26. The number of hydrogen-bond acceptors (Lipinski definition) is 2. The van der Waals surface area contributed by atoms with Crippen molar-refractivity contribution >= 4 is 5.69 Å². The Morgan fingerprint density at radius 1 is 1.33 bits per heavy atom. The Morgan fingerprint density at radius 3 is 2.40 bits per heavy atom. The van der Waals surface area contributed by atoms with E-state index in [0.717, 1.165) is 31.6 Å². The first kappa shape index (κ1) is 10.4. The molecule has 0 aliphatic heterocycles. The molecule has 0 radical (unpaired) electrons. The quantitative estimate of drug-likeness (QED) is 0.821. The van der Waals surface area contributed by atoms with E-state index in [0.29, 0.717) is 0 Å². The zero-order valence-electron chi connectivity index (χ0n) is 9.04. The van der Waals surface area contributed by atoms with Gasteiger partial charge in [0.05, 0.1) is 0 Å². The Labute approximate surface area is 89.9 Å². The summed E-state index contributed by atoms with van der Waals surface area (Å²) in [7, 11) is 0. The summed E-state index contributed by atoms with van der Waals surface area (Å²) in [4.78, 5) is 2.20. The highest BCUT2D eigenvalue weighted by molar-refractivity contribution is 5.47. The minimum atomic E-state index is -0.191. The zero-order chi connectivity index (χ0) is 10.9. The minimum Gasteiger partial charge on any atom is -0.370 e. The molecule has 0 unspecified atom stereocenters. The zero-order valence-corrected chi connectivity index (χ0v) is 9.04. The van der Waals surface area contributed by atoms with Crippen molar-refractivity contribution in [3.63, 3.8) is 0 Å². The Morgan fingerprint density at radius 2 is 1.93 bits per heavy atom. The van der Waals surface area contributed by atoms with Gasteiger partial charge in [0.2, 0.25) is 0 Å². The van der Waals surface area contributed by atoms with Gasteiger partial charge in [0, 0.05) is 24.3 Å². The molecular weight excluding hydrogens is 191 g/mol. The van der Waals surface area contributed by atoms with Crippen LogP contribution in [-0.2, 0) is 0 Å². The van der Waals surface area contributed by atoms with Crippen LogP contribution in [0.2, 0.25) is 0 Å². The lowest BCUT2D eigenvalue weighted by Crippen LogP contribution is -2.39. The largest absolute Gasteiger partial charge is 0.370 e. The van der Waals surface area contributed by atoms with Crippen molar-refractivity contribution < 1.29 is 4.39 Å². The molecule has 0 heterocycles. The molecule has 3 heteroatoms. The fraction of sp³-hybridized carbons (Fsp3) is 0.500. The summed E-state index contributed by atoms with van der Waals surface area (Å²) in [5.74, 6) is -0.191. The fourth-order valence-corrected chi connectivity index (χ4v) is 1.74. The van der Waals surface area contributed by atoms with Crippen molar-refractivity contribution in [1.82, 2.24) is 0 Å². The number of hydrogen-bond donors (Lipinski definition) is 1. The maximum Gasteiger partial charge on any atom is 0.123 e. The van der Waals surface area contributed by atoms with Gasteiger partial charge in [-0.2, -0.15) is 0 Å². The van der Waals surface area contributed by atoms with Crippen molar-refractivity contribution in [2.45, 2.75) is 25.3 Å². The first-order valence-electron chi connectivity index (χ1n) is 5.42. The smallest absolute Gasteiger partial charge is 0.123 e. The van der Waals surface area contributed by atoms with Gasteiger partial charge < -0.3 is 10.6 Å². The summed E-state index contributed by atoms with van der Waals surface area (Å²) in [5, 5.41) is 0. The highest BCUT2D eigenvalue weighted by Crippen LogP contribution is 2.34. The van der Waals surface area contributed by atoms with Crippen molar-refractivity contribution in [3.8, 4) is 0 Å². The molecular formula is C12H17FN2. The minimum absolute atomic E-state index is 0.00436. The highest BCUT2D eigenvalue weighted by Gasteiger charge is 2.39. The van der Waals surface area contributed by atoms with Gasteiger partial charge in [-0.15, -0.1) is 0 Å². The summed E-state index contributed by atoms with van der Waals surface area (Å²) in [5.41, 5.74) is 7.13.